The van der Waals surface area contributed by atoms with Crippen LogP contribution in [0.2, 0.25) is 0 Å². The Balaban J connectivity index is 0.00000243. The second-order valence-corrected chi connectivity index (χ2v) is 6.30. The summed E-state index contributed by atoms with van der Waals surface area (Å²) in [7, 11) is 0. The van der Waals surface area contributed by atoms with Gasteiger partial charge in [-0.15, -0.1) is 24.0 Å². The van der Waals surface area contributed by atoms with Crippen molar-refractivity contribution in [2.45, 2.75) is 51.6 Å². The Hall–Kier alpha value is -1.77. The summed E-state index contributed by atoms with van der Waals surface area (Å²) in [5.41, 5.74) is 8.18. The normalized spacial score (nSPS) is 16.6. The number of hydrogen-bond acceptors (Lipinski definition) is 4. The first-order valence-corrected chi connectivity index (χ1v) is 8.94. The third kappa shape index (κ3) is 4.90. The quantitative estimate of drug-likeness (QED) is 0.377. The molecule has 1 aromatic heterocycles. The van der Waals surface area contributed by atoms with Crippen LogP contribution in [0.15, 0.2) is 39.8 Å². The fraction of sp³-hybridized carbons (Fsp3) is 0.474. The summed E-state index contributed by atoms with van der Waals surface area (Å²) in [5.74, 6) is 2.49. The molecule has 1 unspecified atom stereocenters. The van der Waals surface area contributed by atoms with E-state index in [4.69, 9.17) is 15.0 Å². The molecule has 7 heteroatoms. The second kappa shape index (κ2) is 9.80. The lowest BCUT2D eigenvalue weighted by atomic mass is 9.99. The van der Waals surface area contributed by atoms with Crippen LogP contribution in [0.4, 0.5) is 0 Å². The zero-order chi connectivity index (χ0) is 17.6. The molecule has 0 fully saturated rings. The molecular formula is C19H27IN4O2. The molecule has 1 aliphatic rings. The molecule has 0 bridgehead atoms. The summed E-state index contributed by atoms with van der Waals surface area (Å²) in [6, 6.07) is 10.1. The second-order valence-electron chi connectivity index (χ2n) is 6.30. The predicted octanol–water partition coefficient (Wildman–Crippen LogP) is 4.12. The standard InChI is InChI=1S/C19H26N4O2.HI/c1-3-13(4-2)17-11-14(25-23-17)12-21-19(20)22-16-9-10-24-18-8-6-5-7-15(16)18;/h5-8,11,13,16H,3-4,9-10,12H2,1-2H3,(H3,20,21,22);1H. The number of aliphatic imine (C=N–C) groups is 1. The van der Waals surface area contributed by atoms with E-state index >= 15 is 0 Å². The number of para-hydroxylation sites is 1. The van der Waals surface area contributed by atoms with E-state index in [-0.39, 0.29) is 30.0 Å². The minimum absolute atomic E-state index is 0. The van der Waals surface area contributed by atoms with Crippen LogP contribution in [0.5, 0.6) is 5.75 Å². The summed E-state index contributed by atoms with van der Waals surface area (Å²) in [6.45, 7) is 5.38. The van der Waals surface area contributed by atoms with Gasteiger partial charge in [0.1, 0.15) is 12.3 Å². The largest absolute Gasteiger partial charge is 0.493 e. The third-order valence-electron chi connectivity index (χ3n) is 4.67. The molecule has 0 aliphatic carbocycles. The average molecular weight is 470 g/mol. The Labute approximate surface area is 171 Å². The number of nitrogens with one attached hydrogen (secondary N) is 1. The molecule has 0 amide bonds. The van der Waals surface area contributed by atoms with Gasteiger partial charge in [0, 0.05) is 24.0 Å². The number of ether oxygens (including phenoxy) is 1. The summed E-state index contributed by atoms with van der Waals surface area (Å²) in [4.78, 5) is 4.39. The monoisotopic (exact) mass is 470 g/mol. The first-order chi connectivity index (χ1) is 12.2. The lowest BCUT2D eigenvalue weighted by molar-refractivity contribution is 0.262. The van der Waals surface area contributed by atoms with Gasteiger partial charge in [0.25, 0.3) is 0 Å². The van der Waals surface area contributed by atoms with Gasteiger partial charge in [-0.25, -0.2) is 4.99 Å². The van der Waals surface area contributed by atoms with Crippen molar-refractivity contribution in [1.82, 2.24) is 10.5 Å². The predicted molar refractivity (Wildman–Crippen MR) is 113 cm³/mol. The molecule has 2 heterocycles. The van der Waals surface area contributed by atoms with Crippen LogP contribution in [-0.2, 0) is 6.54 Å². The van der Waals surface area contributed by atoms with E-state index in [1.165, 1.54) is 0 Å². The summed E-state index contributed by atoms with van der Waals surface area (Å²) < 4.78 is 11.1. The Kier molecular flexibility index (Phi) is 7.74. The Morgan fingerprint density at radius 3 is 2.88 bits per heavy atom. The Morgan fingerprint density at radius 1 is 1.35 bits per heavy atom. The van der Waals surface area contributed by atoms with Gasteiger partial charge in [-0.2, -0.15) is 0 Å². The fourth-order valence-corrected chi connectivity index (χ4v) is 3.18. The molecule has 0 saturated carbocycles. The van der Waals surface area contributed by atoms with Crippen LogP contribution in [-0.4, -0.2) is 17.7 Å². The van der Waals surface area contributed by atoms with E-state index in [1.807, 2.05) is 24.3 Å². The molecule has 6 nitrogen and oxygen atoms in total. The molecular weight excluding hydrogens is 443 g/mol. The number of aromatic nitrogens is 1. The smallest absolute Gasteiger partial charge is 0.189 e. The highest BCUT2D eigenvalue weighted by molar-refractivity contribution is 14.0. The van der Waals surface area contributed by atoms with Crippen LogP contribution in [0.25, 0.3) is 0 Å². The van der Waals surface area contributed by atoms with Gasteiger partial charge in [0.15, 0.2) is 11.7 Å². The number of benzene rings is 1. The molecule has 2 aromatic rings. The van der Waals surface area contributed by atoms with Gasteiger partial charge >= 0.3 is 0 Å². The molecule has 0 radical (unpaired) electrons. The summed E-state index contributed by atoms with van der Waals surface area (Å²) in [6.07, 6.45) is 2.96. The van der Waals surface area contributed by atoms with Crippen LogP contribution in [0, 0.1) is 0 Å². The zero-order valence-electron chi connectivity index (χ0n) is 15.3. The summed E-state index contributed by atoms with van der Waals surface area (Å²) in [5, 5.41) is 7.44. The molecule has 3 rings (SSSR count). The van der Waals surface area contributed by atoms with Gasteiger partial charge in [-0.1, -0.05) is 37.2 Å². The minimum atomic E-state index is 0. The van der Waals surface area contributed by atoms with Crippen LogP contribution < -0.4 is 15.8 Å². The van der Waals surface area contributed by atoms with E-state index in [1.54, 1.807) is 0 Å². The Bertz CT molecular complexity index is 728. The highest BCUT2D eigenvalue weighted by Crippen LogP contribution is 2.31. The summed E-state index contributed by atoms with van der Waals surface area (Å²) >= 11 is 0. The van der Waals surface area contributed by atoms with Crippen LogP contribution in [0.3, 0.4) is 0 Å². The van der Waals surface area contributed by atoms with Crippen molar-refractivity contribution in [1.29, 1.82) is 0 Å². The molecule has 1 aromatic carbocycles. The van der Waals surface area contributed by atoms with Crippen molar-refractivity contribution >= 4 is 29.9 Å². The number of nitrogens with zero attached hydrogens (tertiary/aromatic N) is 2. The van der Waals surface area contributed by atoms with Crippen molar-refractivity contribution in [3.05, 3.63) is 47.3 Å². The first kappa shape index (κ1) is 20.5. The SMILES string of the molecule is CCC(CC)c1cc(CN=C(N)NC2CCOc3ccccc32)on1.I. The molecule has 1 atom stereocenters. The molecule has 3 N–H and O–H groups in total. The number of guanidine groups is 1. The van der Waals surface area contributed by atoms with E-state index in [0.29, 0.717) is 25.0 Å². The van der Waals surface area contributed by atoms with Gasteiger partial charge in [-0.05, 0) is 18.9 Å². The van der Waals surface area contributed by atoms with Crippen molar-refractivity contribution in [2.75, 3.05) is 6.61 Å². The molecule has 142 valence electrons. The number of hydrogen-bond donors (Lipinski definition) is 2. The fourth-order valence-electron chi connectivity index (χ4n) is 3.18. The van der Waals surface area contributed by atoms with Gasteiger partial charge in [0.05, 0.1) is 18.3 Å². The van der Waals surface area contributed by atoms with Crippen LogP contribution in [0.1, 0.15) is 62.1 Å². The van der Waals surface area contributed by atoms with Crippen molar-refractivity contribution in [2.24, 2.45) is 10.7 Å². The van der Waals surface area contributed by atoms with E-state index in [2.05, 4.69) is 35.4 Å². The molecule has 1 aliphatic heterocycles. The lowest BCUT2D eigenvalue weighted by Gasteiger charge is -2.26. The lowest BCUT2D eigenvalue weighted by Crippen LogP contribution is -2.37. The Morgan fingerprint density at radius 2 is 2.12 bits per heavy atom. The van der Waals surface area contributed by atoms with Crippen molar-refractivity contribution in [3.63, 3.8) is 0 Å². The van der Waals surface area contributed by atoms with Crippen molar-refractivity contribution < 1.29 is 9.26 Å². The van der Waals surface area contributed by atoms with Gasteiger partial charge in [0.2, 0.25) is 0 Å². The highest BCUT2D eigenvalue weighted by Gasteiger charge is 2.21. The van der Waals surface area contributed by atoms with Gasteiger partial charge < -0.3 is 20.3 Å². The zero-order valence-corrected chi connectivity index (χ0v) is 17.6. The number of rotatable bonds is 6. The number of halogens is 1. The maximum absolute atomic E-state index is 6.06. The topological polar surface area (TPSA) is 85.7 Å². The molecule has 0 saturated heterocycles. The van der Waals surface area contributed by atoms with E-state index in [0.717, 1.165) is 42.0 Å². The van der Waals surface area contributed by atoms with Crippen LogP contribution >= 0.6 is 24.0 Å². The average Bonchev–Trinajstić information content (AvgIpc) is 3.10. The maximum Gasteiger partial charge on any atom is 0.189 e. The number of fused-ring (bicyclic) bond motifs is 1. The minimum Gasteiger partial charge on any atom is -0.493 e. The molecule has 0 spiro atoms. The third-order valence-corrected chi connectivity index (χ3v) is 4.67. The first-order valence-electron chi connectivity index (χ1n) is 8.94. The van der Waals surface area contributed by atoms with E-state index in [9.17, 15) is 0 Å². The van der Waals surface area contributed by atoms with Crippen molar-refractivity contribution in [3.8, 4) is 5.75 Å². The molecule has 26 heavy (non-hydrogen) atoms. The van der Waals surface area contributed by atoms with Gasteiger partial charge in [-0.3, -0.25) is 0 Å². The highest BCUT2D eigenvalue weighted by atomic mass is 127. The van der Waals surface area contributed by atoms with E-state index < -0.39 is 0 Å². The number of nitrogens with two attached hydrogens (primary N) is 1. The maximum atomic E-state index is 6.06.